The minimum absolute atomic E-state index is 0.0402. The second-order valence-electron chi connectivity index (χ2n) is 7.52. The van der Waals surface area contributed by atoms with E-state index in [1.165, 1.54) is 5.56 Å². The molecular formula is C25H26N2O2. The Labute approximate surface area is 171 Å². The molecule has 0 radical (unpaired) electrons. The van der Waals surface area contributed by atoms with E-state index in [9.17, 15) is 4.79 Å². The van der Waals surface area contributed by atoms with Gasteiger partial charge in [-0.1, -0.05) is 48.5 Å². The Morgan fingerprint density at radius 3 is 2.17 bits per heavy atom. The third-order valence-electron chi connectivity index (χ3n) is 5.44. The van der Waals surface area contributed by atoms with E-state index >= 15 is 0 Å². The summed E-state index contributed by atoms with van der Waals surface area (Å²) in [7, 11) is 0. The van der Waals surface area contributed by atoms with Gasteiger partial charge < -0.3 is 15.4 Å². The number of hydrogen-bond donors (Lipinski definition) is 2. The molecule has 1 aliphatic rings. The molecule has 3 aromatic rings. The van der Waals surface area contributed by atoms with Crippen molar-refractivity contribution < 1.29 is 9.53 Å². The van der Waals surface area contributed by atoms with Crippen LogP contribution in [0.2, 0.25) is 0 Å². The molecule has 2 atom stereocenters. The standard InChI is InChI=1S/C25H26N2O2/c28-25(20-11-13-24(14-12-20)29-23-9-5-2-6-10-23)27-18-22-17-26-16-21(22)15-19-7-3-1-4-8-19/h1-14,21-22,26H,15-18H2,(H,27,28)/t21-,22+/m0/s1. The summed E-state index contributed by atoms with van der Waals surface area (Å²) >= 11 is 0. The summed E-state index contributed by atoms with van der Waals surface area (Å²) in [6, 6.07) is 27.5. The van der Waals surface area contributed by atoms with Crippen molar-refractivity contribution in [3.63, 3.8) is 0 Å². The van der Waals surface area contributed by atoms with Crippen molar-refractivity contribution >= 4 is 5.91 Å². The average molecular weight is 386 g/mol. The normalized spacial score (nSPS) is 18.3. The molecule has 2 N–H and O–H groups in total. The van der Waals surface area contributed by atoms with E-state index in [4.69, 9.17) is 4.74 Å². The Morgan fingerprint density at radius 2 is 1.45 bits per heavy atom. The smallest absolute Gasteiger partial charge is 0.251 e. The van der Waals surface area contributed by atoms with Crippen molar-refractivity contribution in [1.29, 1.82) is 0 Å². The second-order valence-corrected chi connectivity index (χ2v) is 7.52. The first-order valence-electron chi connectivity index (χ1n) is 10.1. The van der Waals surface area contributed by atoms with Crippen LogP contribution in [-0.4, -0.2) is 25.5 Å². The third-order valence-corrected chi connectivity index (χ3v) is 5.44. The van der Waals surface area contributed by atoms with Gasteiger partial charge in [0.1, 0.15) is 11.5 Å². The van der Waals surface area contributed by atoms with Crippen LogP contribution in [0.5, 0.6) is 11.5 Å². The Balaban J connectivity index is 1.30. The summed E-state index contributed by atoms with van der Waals surface area (Å²) in [5.41, 5.74) is 2.00. The Bertz CT molecular complexity index is 911. The van der Waals surface area contributed by atoms with Gasteiger partial charge in [-0.3, -0.25) is 4.79 Å². The van der Waals surface area contributed by atoms with Crippen LogP contribution < -0.4 is 15.4 Å². The van der Waals surface area contributed by atoms with Gasteiger partial charge in [-0.05, 0) is 73.3 Å². The molecule has 0 aliphatic carbocycles. The molecule has 148 valence electrons. The van der Waals surface area contributed by atoms with Gasteiger partial charge in [-0.25, -0.2) is 0 Å². The fraction of sp³-hybridized carbons (Fsp3) is 0.240. The number of carbonyl (C=O) groups is 1. The highest BCUT2D eigenvalue weighted by atomic mass is 16.5. The van der Waals surface area contributed by atoms with Crippen molar-refractivity contribution in [3.8, 4) is 11.5 Å². The summed E-state index contributed by atoms with van der Waals surface area (Å²) in [5.74, 6) is 2.44. The maximum atomic E-state index is 12.6. The van der Waals surface area contributed by atoms with Crippen LogP contribution in [0.25, 0.3) is 0 Å². The molecule has 1 saturated heterocycles. The number of nitrogens with one attached hydrogen (secondary N) is 2. The van der Waals surface area contributed by atoms with Gasteiger partial charge in [0.05, 0.1) is 0 Å². The van der Waals surface area contributed by atoms with E-state index in [1.807, 2.05) is 60.7 Å². The predicted molar refractivity (Wildman–Crippen MR) is 115 cm³/mol. The van der Waals surface area contributed by atoms with Crippen LogP contribution in [0, 0.1) is 11.8 Å². The lowest BCUT2D eigenvalue weighted by atomic mass is 9.89. The van der Waals surface area contributed by atoms with Crippen molar-refractivity contribution in [2.24, 2.45) is 11.8 Å². The molecule has 1 heterocycles. The topological polar surface area (TPSA) is 50.4 Å². The van der Waals surface area contributed by atoms with Crippen molar-refractivity contribution in [2.45, 2.75) is 6.42 Å². The molecule has 0 spiro atoms. The summed E-state index contributed by atoms with van der Waals surface area (Å²) in [6.07, 6.45) is 1.04. The minimum Gasteiger partial charge on any atom is -0.457 e. The minimum atomic E-state index is -0.0402. The molecule has 4 nitrogen and oxygen atoms in total. The number of benzene rings is 3. The molecule has 3 aromatic carbocycles. The van der Waals surface area contributed by atoms with Crippen molar-refractivity contribution in [1.82, 2.24) is 10.6 Å². The summed E-state index contributed by atoms with van der Waals surface area (Å²) in [4.78, 5) is 12.6. The number of para-hydroxylation sites is 1. The molecule has 1 fully saturated rings. The molecule has 0 unspecified atom stereocenters. The molecular weight excluding hydrogens is 360 g/mol. The van der Waals surface area contributed by atoms with E-state index < -0.39 is 0 Å². The van der Waals surface area contributed by atoms with Crippen LogP contribution in [0.3, 0.4) is 0 Å². The van der Waals surface area contributed by atoms with Crippen LogP contribution in [-0.2, 0) is 6.42 Å². The van der Waals surface area contributed by atoms with Crippen LogP contribution in [0.1, 0.15) is 15.9 Å². The first kappa shape index (κ1) is 19.2. The summed E-state index contributed by atoms with van der Waals surface area (Å²) < 4.78 is 5.79. The van der Waals surface area contributed by atoms with E-state index in [2.05, 4.69) is 34.9 Å². The van der Waals surface area contributed by atoms with Crippen LogP contribution in [0.15, 0.2) is 84.9 Å². The zero-order valence-electron chi connectivity index (χ0n) is 16.4. The molecule has 4 heteroatoms. The highest BCUT2D eigenvalue weighted by Crippen LogP contribution is 2.22. The Morgan fingerprint density at radius 1 is 0.828 bits per heavy atom. The van der Waals surface area contributed by atoms with Crippen molar-refractivity contribution in [3.05, 3.63) is 96.1 Å². The monoisotopic (exact) mass is 386 g/mol. The van der Waals surface area contributed by atoms with Gasteiger partial charge in [0.15, 0.2) is 0 Å². The molecule has 29 heavy (non-hydrogen) atoms. The zero-order chi connectivity index (χ0) is 19.9. The average Bonchev–Trinajstić information content (AvgIpc) is 3.21. The van der Waals surface area contributed by atoms with Crippen LogP contribution >= 0.6 is 0 Å². The Hall–Kier alpha value is -3.11. The number of amides is 1. The van der Waals surface area contributed by atoms with Gasteiger partial charge >= 0.3 is 0 Å². The molecule has 1 amide bonds. The SMILES string of the molecule is O=C(NC[C@H]1CNC[C@@H]1Cc1ccccc1)c1ccc(Oc2ccccc2)cc1. The first-order chi connectivity index (χ1) is 14.3. The van der Waals surface area contributed by atoms with Gasteiger partial charge in [-0.2, -0.15) is 0 Å². The fourth-order valence-electron chi connectivity index (χ4n) is 3.81. The van der Waals surface area contributed by atoms with E-state index in [1.54, 1.807) is 0 Å². The Kier molecular flexibility index (Phi) is 6.22. The lowest BCUT2D eigenvalue weighted by Gasteiger charge is -2.19. The lowest BCUT2D eigenvalue weighted by molar-refractivity contribution is 0.0945. The second kappa shape index (κ2) is 9.39. The number of carbonyl (C=O) groups excluding carboxylic acids is 1. The summed E-state index contributed by atoms with van der Waals surface area (Å²) in [5, 5.41) is 6.58. The van der Waals surface area contributed by atoms with Gasteiger partial charge in [0.2, 0.25) is 0 Å². The van der Waals surface area contributed by atoms with Gasteiger partial charge in [0.25, 0.3) is 5.91 Å². The molecule has 0 saturated carbocycles. The fourth-order valence-corrected chi connectivity index (χ4v) is 3.81. The summed E-state index contributed by atoms with van der Waals surface area (Å²) in [6.45, 7) is 2.63. The first-order valence-corrected chi connectivity index (χ1v) is 10.1. The maximum Gasteiger partial charge on any atom is 0.251 e. The van der Waals surface area contributed by atoms with E-state index in [0.717, 1.165) is 31.0 Å². The number of ether oxygens (including phenoxy) is 1. The van der Waals surface area contributed by atoms with E-state index in [-0.39, 0.29) is 5.91 Å². The largest absolute Gasteiger partial charge is 0.457 e. The highest BCUT2D eigenvalue weighted by molar-refractivity contribution is 5.94. The maximum absolute atomic E-state index is 12.6. The zero-order valence-corrected chi connectivity index (χ0v) is 16.4. The number of rotatable bonds is 7. The lowest BCUT2D eigenvalue weighted by Crippen LogP contribution is -2.33. The van der Waals surface area contributed by atoms with Gasteiger partial charge in [0, 0.05) is 12.1 Å². The van der Waals surface area contributed by atoms with Gasteiger partial charge in [-0.15, -0.1) is 0 Å². The number of hydrogen-bond acceptors (Lipinski definition) is 3. The molecule has 0 aromatic heterocycles. The predicted octanol–water partition coefficient (Wildman–Crippen LogP) is 4.29. The van der Waals surface area contributed by atoms with Crippen molar-refractivity contribution in [2.75, 3.05) is 19.6 Å². The highest BCUT2D eigenvalue weighted by Gasteiger charge is 2.27. The third kappa shape index (κ3) is 5.24. The molecule has 4 rings (SSSR count). The van der Waals surface area contributed by atoms with Crippen LogP contribution in [0.4, 0.5) is 0 Å². The molecule has 0 bridgehead atoms. The molecule has 1 aliphatic heterocycles. The van der Waals surface area contributed by atoms with E-state index in [0.29, 0.717) is 23.9 Å². The quantitative estimate of drug-likeness (QED) is 0.637.